The topological polar surface area (TPSA) is 42.7 Å². The summed E-state index contributed by atoms with van der Waals surface area (Å²) in [6, 6.07) is 14.7. The Kier molecular flexibility index (Phi) is 2.79. The van der Waals surface area contributed by atoms with Crippen molar-refractivity contribution in [1.82, 2.24) is 20.1 Å². The van der Waals surface area contributed by atoms with Gasteiger partial charge in [-0.05, 0) is 17.7 Å². The lowest BCUT2D eigenvalue weighted by atomic mass is 10.1. The zero-order chi connectivity index (χ0) is 14.2. The molecular formula is C16H13FN4. The average Bonchev–Trinajstić information content (AvgIpc) is 2.85. The fraction of sp³-hybridized carbons (Fsp3) is 0.125. The third-order valence-corrected chi connectivity index (χ3v) is 3.65. The van der Waals surface area contributed by atoms with Gasteiger partial charge < -0.3 is 5.32 Å². The number of rotatable bonds is 1. The molecule has 2 heterocycles. The Balaban J connectivity index is 1.99. The Morgan fingerprint density at radius 3 is 2.71 bits per heavy atom. The second kappa shape index (κ2) is 4.79. The van der Waals surface area contributed by atoms with Crippen molar-refractivity contribution in [1.29, 1.82) is 0 Å². The number of hydrogen-bond donors (Lipinski definition) is 1. The third kappa shape index (κ3) is 2.02. The third-order valence-electron chi connectivity index (χ3n) is 3.65. The summed E-state index contributed by atoms with van der Waals surface area (Å²) in [5.41, 5.74) is 2.80. The van der Waals surface area contributed by atoms with Gasteiger partial charge in [0.15, 0.2) is 11.6 Å². The van der Waals surface area contributed by atoms with Gasteiger partial charge >= 0.3 is 0 Å². The van der Waals surface area contributed by atoms with E-state index in [1.54, 1.807) is 6.07 Å². The van der Waals surface area contributed by atoms with Crippen molar-refractivity contribution in [2.75, 3.05) is 0 Å². The fourth-order valence-corrected chi connectivity index (χ4v) is 2.66. The molecule has 1 aliphatic rings. The minimum atomic E-state index is -0.255. The molecule has 0 saturated carbocycles. The predicted octanol–water partition coefficient (Wildman–Crippen LogP) is 2.68. The fourth-order valence-electron chi connectivity index (χ4n) is 2.66. The Hall–Kier alpha value is -2.53. The molecule has 0 radical (unpaired) electrons. The van der Waals surface area contributed by atoms with E-state index in [0.717, 1.165) is 28.5 Å². The number of nitrogens with zero attached hydrogens (tertiary/aromatic N) is 3. The van der Waals surface area contributed by atoms with Crippen molar-refractivity contribution in [2.24, 2.45) is 0 Å². The van der Waals surface area contributed by atoms with Crippen LogP contribution in [0.25, 0.3) is 17.1 Å². The second-order valence-electron chi connectivity index (χ2n) is 5.02. The molecule has 0 fully saturated rings. The summed E-state index contributed by atoms with van der Waals surface area (Å²) in [5, 5.41) is 11.8. The molecule has 0 saturated heterocycles. The van der Waals surface area contributed by atoms with Crippen LogP contribution in [0.3, 0.4) is 0 Å². The predicted molar refractivity (Wildman–Crippen MR) is 77.3 cm³/mol. The SMILES string of the molecule is Fc1ccc2c(c1)-n1c(nnc1-c1ccccc1)CNC2. The van der Waals surface area contributed by atoms with Crippen LogP contribution in [-0.4, -0.2) is 14.8 Å². The van der Waals surface area contributed by atoms with Crippen LogP contribution < -0.4 is 5.32 Å². The first-order valence-electron chi connectivity index (χ1n) is 6.82. The maximum Gasteiger partial charge on any atom is 0.168 e. The van der Waals surface area contributed by atoms with E-state index in [9.17, 15) is 4.39 Å². The van der Waals surface area contributed by atoms with Gasteiger partial charge in [0.2, 0.25) is 0 Å². The van der Waals surface area contributed by atoms with E-state index in [-0.39, 0.29) is 5.82 Å². The van der Waals surface area contributed by atoms with E-state index in [0.29, 0.717) is 13.1 Å². The van der Waals surface area contributed by atoms with Gasteiger partial charge in [-0.3, -0.25) is 4.57 Å². The molecule has 1 N–H and O–H groups in total. The number of fused-ring (bicyclic) bond motifs is 3. The molecule has 5 heteroatoms. The molecule has 4 nitrogen and oxygen atoms in total. The van der Waals surface area contributed by atoms with Crippen LogP contribution >= 0.6 is 0 Å². The summed E-state index contributed by atoms with van der Waals surface area (Å²) in [6.07, 6.45) is 0. The van der Waals surface area contributed by atoms with Crippen molar-refractivity contribution < 1.29 is 4.39 Å². The number of nitrogens with one attached hydrogen (secondary N) is 1. The molecule has 21 heavy (non-hydrogen) atoms. The van der Waals surface area contributed by atoms with Gasteiger partial charge in [-0.15, -0.1) is 10.2 Å². The maximum atomic E-state index is 13.7. The molecule has 0 amide bonds. The molecule has 0 aliphatic carbocycles. The molecule has 1 aromatic heterocycles. The lowest BCUT2D eigenvalue weighted by Gasteiger charge is -2.11. The van der Waals surface area contributed by atoms with Crippen LogP contribution in [0, 0.1) is 5.82 Å². The lowest BCUT2D eigenvalue weighted by molar-refractivity contribution is 0.625. The van der Waals surface area contributed by atoms with E-state index in [1.807, 2.05) is 41.0 Å². The van der Waals surface area contributed by atoms with Gasteiger partial charge in [0.25, 0.3) is 0 Å². The molecule has 104 valence electrons. The van der Waals surface area contributed by atoms with E-state index in [4.69, 9.17) is 0 Å². The minimum absolute atomic E-state index is 0.255. The van der Waals surface area contributed by atoms with E-state index in [1.165, 1.54) is 6.07 Å². The van der Waals surface area contributed by atoms with Crippen LogP contribution in [0.4, 0.5) is 4.39 Å². The molecule has 1 aliphatic heterocycles. The van der Waals surface area contributed by atoms with Crippen LogP contribution in [0.2, 0.25) is 0 Å². The van der Waals surface area contributed by atoms with Crippen molar-refractivity contribution in [3.05, 3.63) is 65.7 Å². The van der Waals surface area contributed by atoms with Crippen molar-refractivity contribution in [3.8, 4) is 17.1 Å². The van der Waals surface area contributed by atoms with Crippen LogP contribution in [0.1, 0.15) is 11.4 Å². The first-order chi connectivity index (χ1) is 10.3. The summed E-state index contributed by atoms with van der Waals surface area (Å²) >= 11 is 0. The summed E-state index contributed by atoms with van der Waals surface area (Å²) in [7, 11) is 0. The number of aromatic nitrogens is 3. The summed E-state index contributed by atoms with van der Waals surface area (Å²) in [4.78, 5) is 0. The summed E-state index contributed by atoms with van der Waals surface area (Å²) in [5.74, 6) is 1.27. The van der Waals surface area contributed by atoms with E-state index >= 15 is 0 Å². The smallest absolute Gasteiger partial charge is 0.168 e. The van der Waals surface area contributed by atoms with Gasteiger partial charge in [0, 0.05) is 12.1 Å². The normalized spacial score (nSPS) is 13.4. The number of hydrogen-bond acceptors (Lipinski definition) is 3. The zero-order valence-electron chi connectivity index (χ0n) is 11.3. The van der Waals surface area contributed by atoms with Crippen LogP contribution in [-0.2, 0) is 13.1 Å². The first kappa shape index (κ1) is 12.2. The van der Waals surface area contributed by atoms with E-state index in [2.05, 4.69) is 15.5 Å². The molecule has 0 bridgehead atoms. The maximum absolute atomic E-state index is 13.7. The molecule has 2 aromatic carbocycles. The molecule has 4 rings (SSSR count). The quantitative estimate of drug-likeness (QED) is 0.745. The highest BCUT2D eigenvalue weighted by atomic mass is 19.1. The molecule has 0 unspecified atom stereocenters. The minimum Gasteiger partial charge on any atom is -0.306 e. The lowest BCUT2D eigenvalue weighted by Crippen LogP contribution is -2.11. The van der Waals surface area contributed by atoms with Gasteiger partial charge in [0.1, 0.15) is 5.82 Å². The van der Waals surface area contributed by atoms with Gasteiger partial charge in [-0.1, -0.05) is 36.4 Å². The van der Waals surface area contributed by atoms with Crippen molar-refractivity contribution >= 4 is 0 Å². The summed E-state index contributed by atoms with van der Waals surface area (Å²) < 4.78 is 15.6. The largest absolute Gasteiger partial charge is 0.306 e. The Morgan fingerprint density at radius 1 is 1.00 bits per heavy atom. The molecule has 0 atom stereocenters. The number of halogens is 1. The average molecular weight is 280 g/mol. The standard InChI is InChI=1S/C16H13FN4/c17-13-7-6-12-9-18-10-15-19-20-16(21(15)14(12)8-13)11-4-2-1-3-5-11/h1-8,18H,9-10H2. The van der Waals surface area contributed by atoms with Crippen LogP contribution in [0.5, 0.6) is 0 Å². The second-order valence-corrected chi connectivity index (χ2v) is 5.02. The number of benzene rings is 2. The summed E-state index contributed by atoms with van der Waals surface area (Å²) in [6.45, 7) is 1.29. The highest BCUT2D eigenvalue weighted by Crippen LogP contribution is 2.27. The Labute approximate surface area is 121 Å². The molecular weight excluding hydrogens is 267 g/mol. The van der Waals surface area contributed by atoms with Crippen molar-refractivity contribution in [3.63, 3.8) is 0 Å². The Morgan fingerprint density at radius 2 is 1.86 bits per heavy atom. The van der Waals surface area contributed by atoms with Gasteiger partial charge in [-0.2, -0.15) is 0 Å². The van der Waals surface area contributed by atoms with Gasteiger partial charge in [0.05, 0.1) is 12.2 Å². The molecule has 3 aromatic rings. The zero-order valence-corrected chi connectivity index (χ0v) is 11.3. The van der Waals surface area contributed by atoms with Crippen LogP contribution in [0.15, 0.2) is 48.5 Å². The van der Waals surface area contributed by atoms with Crippen molar-refractivity contribution in [2.45, 2.75) is 13.1 Å². The first-order valence-corrected chi connectivity index (χ1v) is 6.82. The highest BCUT2D eigenvalue weighted by molar-refractivity contribution is 5.60. The Bertz CT molecular complexity index is 795. The van der Waals surface area contributed by atoms with E-state index < -0.39 is 0 Å². The highest BCUT2D eigenvalue weighted by Gasteiger charge is 2.20. The van der Waals surface area contributed by atoms with Gasteiger partial charge in [-0.25, -0.2) is 4.39 Å². The molecule has 0 spiro atoms. The monoisotopic (exact) mass is 280 g/mol.